The van der Waals surface area contributed by atoms with Crippen molar-refractivity contribution in [2.75, 3.05) is 20.4 Å². The van der Waals surface area contributed by atoms with E-state index in [1.807, 2.05) is 13.8 Å². The molecule has 7 nitrogen and oxygen atoms in total. The molecule has 1 N–H and O–H groups in total. The summed E-state index contributed by atoms with van der Waals surface area (Å²) in [6.07, 6.45) is 1.40. The standard InChI is InChI=1S/C15H24N2O5S2/c1-11(2)10-14(15(18)17(3)4)16-24(21,22)13-8-6-12(7-9-13)23(5,19)20/h6-9,11,14,16H,10H2,1-5H3/t14-/m0/s1. The van der Waals surface area contributed by atoms with Crippen molar-refractivity contribution < 1.29 is 21.6 Å². The predicted molar refractivity (Wildman–Crippen MR) is 91.8 cm³/mol. The second kappa shape index (κ2) is 7.62. The Labute approximate surface area is 144 Å². The fourth-order valence-corrected chi connectivity index (χ4v) is 3.94. The van der Waals surface area contributed by atoms with E-state index in [-0.39, 0.29) is 21.6 Å². The smallest absolute Gasteiger partial charge is 0.241 e. The first kappa shape index (κ1) is 20.6. The highest BCUT2D eigenvalue weighted by atomic mass is 32.2. The average Bonchev–Trinajstić information content (AvgIpc) is 2.44. The summed E-state index contributed by atoms with van der Waals surface area (Å²) in [5, 5.41) is 0. The van der Waals surface area contributed by atoms with E-state index in [4.69, 9.17) is 0 Å². The molecule has 1 amide bonds. The second-order valence-corrected chi connectivity index (χ2v) is 10.0. The van der Waals surface area contributed by atoms with E-state index in [2.05, 4.69) is 4.72 Å². The monoisotopic (exact) mass is 376 g/mol. The topological polar surface area (TPSA) is 101 Å². The van der Waals surface area contributed by atoms with Gasteiger partial charge >= 0.3 is 0 Å². The van der Waals surface area contributed by atoms with Crippen molar-refractivity contribution in [3.05, 3.63) is 24.3 Å². The number of rotatable bonds is 7. The van der Waals surface area contributed by atoms with Gasteiger partial charge in [0.1, 0.15) is 6.04 Å². The minimum absolute atomic E-state index is 0.0320. The molecule has 0 aromatic heterocycles. The van der Waals surface area contributed by atoms with Crippen molar-refractivity contribution in [1.82, 2.24) is 9.62 Å². The Morgan fingerprint density at radius 3 is 1.88 bits per heavy atom. The largest absolute Gasteiger partial charge is 0.347 e. The molecule has 0 bridgehead atoms. The maximum absolute atomic E-state index is 12.5. The molecule has 0 aliphatic rings. The summed E-state index contributed by atoms with van der Waals surface area (Å²) in [7, 11) is -4.22. The van der Waals surface area contributed by atoms with Crippen LogP contribution in [0.5, 0.6) is 0 Å². The Hall–Kier alpha value is -1.45. The van der Waals surface area contributed by atoms with E-state index in [1.54, 1.807) is 14.1 Å². The second-order valence-electron chi connectivity index (χ2n) is 6.28. The average molecular weight is 377 g/mol. The lowest BCUT2D eigenvalue weighted by atomic mass is 10.0. The Balaban J connectivity index is 3.11. The number of nitrogens with one attached hydrogen (secondary N) is 1. The molecule has 1 aromatic rings. The number of carbonyl (C=O) groups excluding carboxylic acids is 1. The highest BCUT2D eigenvalue weighted by Gasteiger charge is 2.27. The summed E-state index contributed by atoms with van der Waals surface area (Å²) in [5.41, 5.74) is 0. The number of benzene rings is 1. The van der Waals surface area contributed by atoms with Crippen molar-refractivity contribution in [3.63, 3.8) is 0 Å². The molecule has 0 saturated carbocycles. The van der Waals surface area contributed by atoms with Gasteiger partial charge in [-0.25, -0.2) is 16.8 Å². The molecule has 0 heterocycles. The summed E-state index contributed by atoms with van der Waals surface area (Å²) in [6.45, 7) is 3.79. The highest BCUT2D eigenvalue weighted by Crippen LogP contribution is 2.16. The maximum Gasteiger partial charge on any atom is 0.241 e. The molecule has 24 heavy (non-hydrogen) atoms. The molecule has 0 unspecified atom stereocenters. The molecule has 0 aliphatic heterocycles. The normalized spacial score (nSPS) is 13.8. The van der Waals surface area contributed by atoms with Crippen molar-refractivity contribution in [3.8, 4) is 0 Å². The van der Waals surface area contributed by atoms with E-state index in [1.165, 1.54) is 29.2 Å². The number of hydrogen-bond acceptors (Lipinski definition) is 5. The van der Waals surface area contributed by atoms with Gasteiger partial charge in [-0.05, 0) is 36.6 Å². The molecule has 0 spiro atoms. The molecule has 136 valence electrons. The van der Waals surface area contributed by atoms with Crippen LogP contribution in [-0.2, 0) is 24.7 Å². The molecule has 0 aliphatic carbocycles. The Bertz CT molecular complexity index is 782. The first-order valence-corrected chi connectivity index (χ1v) is 10.8. The highest BCUT2D eigenvalue weighted by molar-refractivity contribution is 7.90. The summed E-state index contributed by atoms with van der Waals surface area (Å²) in [6, 6.07) is 4.01. The van der Waals surface area contributed by atoms with E-state index in [9.17, 15) is 21.6 Å². The number of nitrogens with zero attached hydrogens (tertiary/aromatic N) is 1. The summed E-state index contributed by atoms with van der Waals surface area (Å²) in [5.74, 6) is -0.214. The quantitative estimate of drug-likeness (QED) is 0.761. The van der Waals surface area contributed by atoms with Crippen molar-refractivity contribution >= 4 is 25.8 Å². The Morgan fingerprint density at radius 1 is 1.04 bits per heavy atom. The van der Waals surface area contributed by atoms with Gasteiger partial charge in [-0.1, -0.05) is 13.8 Å². The van der Waals surface area contributed by atoms with Gasteiger partial charge in [-0.15, -0.1) is 0 Å². The van der Waals surface area contributed by atoms with Gasteiger partial charge in [0, 0.05) is 20.4 Å². The van der Waals surface area contributed by atoms with E-state index >= 15 is 0 Å². The minimum Gasteiger partial charge on any atom is -0.347 e. The SMILES string of the molecule is CC(C)C[C@H](NS(=O)(=O)c1ccc(S(C)(=O)=O)cc1)C(=O)N(C)C. The van der Waals surface area contributed by atoms with Crippen molar-refractivity contribution in [1.29, 1.82) is 0 Å². The fourth-order valence-electron chi connectivity index (χ4n) is 2.10. The lowest BCUT2D eigenvalue weighted by Crippen LogP contribution is -2.46. The van der Waals surface area contributed by atoms with Crippen LogP contribution >= 0.6 is 0 Å². The molecule has 1 atom stereocenters. The van der Waals surface area contributed by atoms with Crippen LogP contribution in [0.15, 0.2) is 34.1 Å². The van der Waals surface area contributed by atoms with Crippen LogP contribution in [0.3, 0.4) is 0 Å². The van der Waals surface area contributed by atoms with Crippen LogP contribution in [0.1, 0.15) is 20.3 Å². The molecular weight excluding hydrogens is 352 g/mol. The van der Waals surface area contributed by atoms with Crippen LogP contribution in [0, 0.1) is 5.92 Å². The van der Waals surface area contributed by atoms with Gasteiger partial charge in [0.15, 0.2) is 9.84 Å². The van der Waals surface area contributed by atoms with Gasteiger partial charge < -0.3 is 4.90 Å². The third-order valence-electron chi connectivity index (χ3n) is 3.31. The first-order valence-electron chi connectivity index (χ1n) is 7.38. The van der Waals surface area contributed by atoms with Crippen LogP contribution in [0.25, 0.3) is 0 Å². The van der Waals surface area contributed by atoms with Crippen molar-refractivity contribution in [2.45, 2.75) is 36.1 Å². The molecule has 1 aromatic carbocycles. The zero-order valence-electron chi connectivity index (χ0n) is 14.5. The number of amides is 1. The van der Waals surface area contributed by atoms with Crippen molar-refractivity contribution in [2.24, 2.45) is 5.92 Å². The lowest BCUT2D eigenvalue weighted by molar-refractivity contribution is -0.130. The van der Waals surface area contributed by atoms with Gasteiger partial charge in [0.25, 0.3) is 0 Å². The van der Waals surface area contributed by atoms with E-state index in [0.29, 0.717) is 6.42 Å². The molecular formula is C15H24N2O5S2. The van der Waals surface area contributed by atoms with Gasteiger partial charge in [-0.2, -0.15) is 4.72 Å². The number of sulfonamides is 1. The molecule has 1 rings (SSSR count). The third kappa shape index (κ3) is 5.57. The van der Waals surface area contributed by atoms with Gasteiger partial charge in [0.2, 0.25) is 15.9 Å². The Morgan fingerprint density at radius 2 is 1.50 bits per heavy atom. The minimum atomic E-state index is -3.94. The van der Waals surface area contributed by atoms with Crippen LogP contribution in [-0.4, -0.2) is 54.0 Å². The van der Waals surface area contributed by atoms with Gasteiger partial charge in [0.05, 0.1) is 9.79 Å². The molecule has 0 saturated heterocycles. The third-order valence-corrected chi connectivity index (χ3v) is 5.92. The summed E-state index contributed by atoms with van der Waals surface area (Å²) >= 11 is 0. The molecule has 9 heteroatoms. The Kier molecular flexibility index (Phi) is 6.54. The van der Waals surface area contributed by atoms with E-state index < -0.39 is 25.9 Å². The van der Waals surface area contributed by atoms with Crippen LogP contribution in [0.2, 0.25) is 0 Å². The summed E-state index contributed by atoms with van der Waals surface area (Å²) < 4.78 is 50.3. The fraction of sp³-hybridized carbons (Fsp3) is 0.533. The first-order chi connectivity index (χ1) is 10.8. The molecule has 0 radical (unpaired) electrons. The number of hydrogen-bond donors (Lipinski definition) is 1. The van der Waals surface area contributed by atoms with E-state index in [0.717, 1.165) is 6.26 Å². The zero-order valence-corrected chi connectivity index (χ0v) is 16.1. The predicted octanol–water partition coefficient (Wildman–Crippen LogP) is 0.871. The van der Waals surface area contributed by atoms with Crippen LogP contribution < -0.4 is 4.72 Å². The lowest BCUT2D eigenvalue weighted by Gasteiger charge is -2.23. The summed E-state index contributed by atoms with van der Waals surface area (Å²) in [4.78, 5) is 13.5. The van der Waals surface area contributed by atoms with Gasteiger partial charge in [-0.3, -0.25) is 4.79 Å². The molecule has 0 fully saturated rings. The number of carbonyl (C=O) groups is 1. The number of likely N-dealkylation sites (N-methyl/N-ethyl adjacent to an activating group) is 1. The number of sulfone groups is 1. The maximum atomic E-state index is 12.5. The van der Waals surface area contributed by atoms with Crippen LogP contribution in [0.4, 0.5) is 0 Å². The zero-order chi connectivity index (χ0) is 18.7.